The summed E-state index contributed by atoms with van der Waals surface area (Å²) in [5.41, 5.74) is 1.36. The zero-order valence-electron chi connectivity index (χ0n) is 13.6. The van der Waals surface area contributed by atoms with Gasteiger partial charge in [0.15, 0.2) is 16.9 Å². The van der Waals surface area contributed by atoms with E-state index in [4.69, 9.17) is 16.3 Å². The molecule has 2 aromatic rings. The number of alkyl halides is 1. The third-order valence-electron chi connectivity index (χ3n) is 3.60. The first-order valence-electron chi connectivity index (χ1n) is 7.29. The molecular weight excluding hydrogens is 319 g/mol. The van der Waals surface area contributed by atoms with Crippen LogP contribution in [-0.2, 0) is 12.5 Å². The molecule has 6 heteroatoms. The van der Waals surface area contributed by atoms with Crippen LogP contribution < -0.4 is 10.3 Å². The normalized spacial score (nSPS) is 13.0. The molecule has 1 atom stereocenters. The van der Waals surface area contributed by atoms with Gasteiger partial charge in [0, 0.05) is 7.05 Å². The van der Waals surface area contributed by atoms with Crippen LogP contribution in [-0.4, -0.2) is 16.5 Å². The molecule has 124 valence electrons. The van der Waals surface area contributed by atoms with E-state index < -0.39 is 18.3 Å². The van der Waals surface area contributed by atoms with Crippen molar-refractivity contribution >= 4 is 11.6 Å². The van der Waals surface area contributed by atoms with Gasteiger partial charge < -0.3 is 4.74 Å². The summed E-state index contributed by atoms with van der Waals surface area (Å²) in [5.74, 6) is 0.0808. The Bertz CT molecular complexity index is 736. The van der Waals surface area contributed by atoms with Crippen LogP contribution in [0.25, 0.3) is 0 Å². The summed E-state index contributed by atoms with van der Waals surface area (Å²) in [6.07, 6.45) is 0.478. The van der Waals surface area contributed by atoms with Crippen LogP contribution in [0, 0.1) is 0 Å². The van der Waals surface area contributed by atoms with E-state index >= 15 is 0 Å². The Morgan fingerprint density at radius 3 is 2.43 bits per heavy atom. The molecule has 0 amide bonds. The number of aryl methyl sites for hydroxylation is 1. The van der Waals surface area contributed by atoms with Crippen LogP contribution in [0.5, 0.6) is 5.75 Å². The van der Waals surface area contributed by atoms with Crippen molar-refractivity contribution < 1.29 is 9.13 Å². The Labute approximate surface area is 139 Å². The molecule has 2 rings (SSSR count). The number of hydrogen-bond acceptors (Lipinski definition) is 3. The molecule has 0 aliphatic carbocycles. The van der Waals surface area contributed by atoms with Crippen LogP contribution in [0.2, 0.25) is 5.02 Å². The lowest BCUT2D eigenvalue weighted by atomic mass is 9.86. The molecule has 1 aromatic carbocycles. The highest BCUT2D eigenvalue weighted by molar-refractivity contribution is 6.31. The molecule has 0 radical (unpaired) electrons. The van der Waals surface area contributed by atoms with Crippen LogP contribution in [0.4, 0.5) is 4.39 Å². The van der Waals surface area contributed by atoms with Gasteiger partial charge in [-0.2, -0.15) is 5.10 Å². The molecule has 0 fully saturated rings. The molecule has 0 saturated carbocycles. The summed E-state index contributed by atoms with van der Waals surface area (Å²) >= 11 is 5.95. The average Bonchev–Trinajstić information content (AvgIpc) is 2.51. The Hall–Kier alpha value is -1.88. The smallest absolute Gasteiger partial charge is 0.289 e. The van der Waals surface area contributed by atoms with E-state index in [1.807, 2.05) is 24.3 Å². The van der Waals surface area contributed by atoms with Gasteiger partial charge in [-0.3, -0.25) is 4.79 Å². The maximum Gasteiger partial charge on any atom is 0.289 e. The number of nitrogens with zero attached hydrogens (tertiary/aromatic N) is 2. The van der Waals surface area contributed by atoms with E-state index in [-0.39, 0.29) is 16.2 Å². The largest absolute Gasteiger partial charge is 0.480 e. The third kappa shape index (κ3) is 3.91. The van der Waals surface area contributed by atoms with Gasteiger partial charge in [-0.15, -0.1) is 0 Å². The van der Waals surface area contributed by atoms with E-state index in [1.54, 1.807) is 0 Å². The van der Waals surface area contributed by atoms with Gasteiger partial charge in [-0.05, 0) is 16.5 Å². The van der Waals surface area contributed by atoms with Crippen molar-refractivity contribution in [1.29, 1.82) is 0 Å². The standard InChI is InChI=1S/C17H20ClFN2O2/c1-17(2,3)12-7-5-11(6-8-12)13(9-19)23-14-10-20-21(4)16(22)15(14)18/h5-8,10,13H,9H2,1-4H3. The fraction of sp³-hybridized carbons (Fsp3) is 0.412. The van der Waals surface area contributed by atoms with Crippen LogP contribution in [0.1, 0.15) is 38.0 Å². The summed E-state index contributed by atoms with van der Waals surface area (Å²) in [6, 6.07) is 7.55. The quantitative estimate of drug-likeness (QED) is 0.851. The molecule has 0 spiro atoms. The maximum atomic E-state index is 13.4. The van der Waals surface area contributed by atoms with Crippen molar-refractivity contribution in [2.24, 2.45) is 7.05 Å². The van der Waals surface area contributed by atoms with Gasteiger partial charge in [-0.1, -0.05) is 56.6 Å². The fourth-order valence-corrected chi connectivity index (χ4v) is 2.33. The van der Waals surface area contributed by atoms with Crippen molar-refractivity contribution in [1.82, 2.24) is 9.78 Å². The first-order chi connectivity index (χ1) is 10.7. The lowest BCUT2D eigenvalue weighted by molar-refractivity contribution is 0.165. The minimum absolute atomic E-state index is 0.0173. The van der Waals surface area contributed by atoms with Gasteiger partial charge in [0.05, 0.1) is 6.20 Å². The average molecular weight is 339 g/mol. The predicted molar refractivity (Wildman–Crippen MR) is 89.0 cm³/mol. The number of rotatable bonds is 4. The molecule has 0 aliphatic rings. The molecule has 0 N–H and O–H groups in total. The zero-order valence-corrected chi connectivity index (χ0v) is 14.4. The highest BCUT2D eigenvalue weighted by Gasteiger charge is 2.19. The van der Waals surface area contributed by atoms with Gasteiger partial charge >= 0.3 is 0 Å². The Kier molecular flexibility index (Phi) is 5.09. The van der Waals surface area contributed by atoms with E-state index in [0.717, 1.165) is 10.2 Å². The van der Waals surface area contributed by atoms with E-state index in [2.05, 4.69) is 25.9 Å². The summed E-state index contributed by atoms with van der Waals surface area (Å²) < 4.78 is 20.1. The minimum atomic E-state index is -0.838. The highest BCUT2D eigenvalue weighted by atomic mass is 35.5. The molecule has 0 saturated heterocycles. The summed E-state index contributed by atoms with van der Waals surface area (Å²) in [5, 5.41) is 3.73. The molecule has 1 heterocycles. The number of hydrogen-bond donors (Lipinski definition) is 0. The van der Waals surface area contributed by atoms with E-state index in [0.29, 0.717) is 5.56 Å². The second-order valence-electron chi connectivity index (χ2n) is 6.38. The van der Waals surface area contributed by atoms with Crippen LogP contribution >= 0.6 is 11.6 Å². The number of aromatic nitrogens is 2. The predicted octanol–water partition coefficient (Wildman–Crippen LogP) is 3.82. The first kappa shape index (κ1) is 17.5. The lowest BCUT2D eigenvalue weighted by Crippen LogP contribution is -2.21. The number of ether oxygens (including phenoxy) is 1. The van der Waals surface area contributed by atoms with Crippen molar-refractivity contribution in [2.75, 3.05) is 6.67 Å². The maximum absolute atomic E-state index is 13.4. The van der Waals surface area contributed by atoms with Gasteiger partial charge in [-0.25, -0.2) is 9.07 Å². The monoisotopic (exact) mass is 338 g/mol. The van der Waals surface area contributed by atoms with Crippen molar-refractivity contribution in [3.8, 4) is 5.75 Å². The molecule has 1 aromatic heterocycles. The van der Waals surface area contributed by atoms with Crippen LogP contribution in [0.3, 0.4) is 0 Å². The third-order valence-corrected chi connectivity index (χ3v) is 3.95. The van der Waals surface area contributed by atoms with Crippen LogP contribution in [0.15, 0.2) is 35.3 Å². The van der Waals surface area contributed by atoms with Gasteiger partial charge in [0.25, 0.3) is 5.56 Å². The Balaban J connectivity index is 2.27. The highest BCUT2D eigenvalue weighted by Crippen LogP contribution is 2.28. The Morgan fingerprint density at radius 2 is 1.91 bits per heavy atom. The SMILES string of the molecule is Cn1ncc(OC(CF)c2ccc(C(C)(C)C)cc2)c(Cl)c1=O. The number of benzene rings is 1. The fourth-order valence-electron chi connectivity index (χ4n) is 2.12. The minimum Gasteiger partial charge on any atom is -0.480 e. The molecule has 23 heavy (non-hydrogen) atoms. The van der Waals surface area contributed by atoms with E-state index in [1.165, 1.54) is 13.2 Å². The van der Waals surface area contributed by atoms with E-state index in [9.17, 15) is 9.18 Å². The molecule has 0 aliphatic heterocycles. The first-order valence-corrected chi connectivity index (χ1v) is 7.66. The molecule has 4 nitrogen and oxygen atoms in total. The molecule has 0 bridgehead atoms. The van der Waals surface area contributed by atoms with Crippen molar-refractivity contribution in [2.45, 2.75) is 32.3 Å². The van der Waals surface area contributed by atoms with Gasteiger partial charge in [0.1, 0.15) is 6.67 Å². The van der Waals surface area contributed by atoms with Crippen molar-refractivity contribution in [3.63, 3.8) is 0 Å². The summed E-state index contributed by atoms with van der Waals surface area (Å²) in [7, 11) is 1.48. The summed E-state index contributed by atoms with van der Waals surface area (Å²) in [6.45, 7) is 5.59. The van der Waals surface area contributed by atoms with Crippen molar-refractivity contribution in [3.05, 3.63) is 57.0 Å². The lowest BCUT2D eigenvalue weighted by Gasteiger charge is -2.21. The topological polar surface area (TPSA) is 44.1 Å². The zero-order chi connectivity index (χ0) is 17.2. The summed E-state index contributed by atoms with van der Waals surface area (Å²) in [4.78, 5) is 11.7. The second kappa shape index (κ2) is 6.71. The second-order valence-corrected chi connectivity index (χ2v) is 6.76. The Morgan fingerprint density at radius 1 is 1.30 bits per heavy atom. The molecular formula is C17H20ClFN2O2. The number of halogens is 2. The van der Waals surface area contributed by atoms with Gasteiger partial charge in [0.2, 0.25) is 0 Å². The molecule has 1 unspecified atom stereocenters.